The summed E-state index contributed by atoms with van der Waals surface area (Å²) < 4.78 is 24.8. The first kappa shape index (κ1) is 29.6. The van der Waals surface area contributed by atoms with Gasteiger partial charge in [0.2, 0.25) is 5.95 Å². The highest BCUT2D eigenvalue weighted by Crippen LogP contribution is 2.22. The number of hydrogen-bond donors (Lipinski definition) is 3. The molecule has 12 nitrogen and oxygen atoms in total. The summed E-state index contributed by atoms with van der Waals surface area (Å²) in [5.74, 6) is -1.16. The van der Waals surface area contributed by atoms with Crippen molar-refractivity contribution < 1.29 is 33.0 Å². The van der Waals surface area contributed by atoms with E-state index in [9.17, 15) is 28.4 Å². The van der Waals surface area contributed by atoms with Crippen molar-refractivity contribution in [3.05, 3.63) is 57.3 Å². The van der Waals surface area contributed by atoms with Crippen molar-refractivity contribution in [1.82, 2.24) is 19.9 Å². The maximum absolute atomic E-state index is 14.8. The highest BCUT2D eigenvalue weighted by atomic mass is 19.1. The third kappa shape index (κ3) is 6.52. The topological polar surface area (TPSA) is 175 Å². The SMILES string of the molecule is COC(=O)CC[C@H](NC(=O)c1ccc(C#Cn2c(N)nc3[nH]c(C(=O)C(C)(C)C)cc3c2=O)cc1F)C(=O)OC. The zero-order valence-corrected chi connectivity index (χ0v) is 22.5. The van der Waals surface area contributed by atoms with Crippen LogP contribution in [0.2, 0.25) is 0 Å². The van der Waals surface area contributed by atoms with Crippen LogP contribution in [0.1, 0.15) is 60.0 Å². The minimum atomic E-state index is -1.21. The van der Waals surface area contributed by atoms with E-state index in [1.165, 1.54) is 19.2 Å². The number of benzene rings is 1. The summed E-state index contributed by atoms with van der Waals surface area (Å²) in [6, 6.07) is 6.14. The highest BCUT2D eigenvalue weighted by Gasteiger charge is 2.26. The highest BCUT2D eigenvalue weighted by molar-refractivity contribution is 6.01. The number of ether oxygens (including phenoxy) is 2. The van der Waals surface area contributed by atoms with Gasteiger partial charge in [0, 0.05) is 23.4 Å². The van der Waals surface area contributed by atoms with Gasteiger partial charge in [-0.1, -0.05) is 20.8 Å². The number of aromatic nitrogens is 3. The molecule has 0 saturated heterocycles. The molecule has 0 unspecified atom stereocenters. The summed E-state index contributed by atoms with van der Waals surface area (Å²) in [5, 5.41) is 2.44. The van der Waals surface area contributed by atoms with Gasteiger partial charge in [0.15, 0.2) is 5.78 Å². The number of H-pyrrole nitrogens is 1. The number of hydrogen-bond acceptors (Lipinski definition) is 9. The number of nitrogens with one attached hydrogen (secondary N) is 2. The Hall–Kier alpha value is -4.99. The van der Waals surface area contributed by atoms with Crippen LogP contribution in [-0.2, 0) is 19.1 Å². The van der Waals surface area contributed by atoms with Gasteiger partial charge in [-0.2, -0.15) is 4.98 Å². The fourth-order valence-electron chi connectivity index (χ4n) is 3.61. The van der Waals surface area contributed by atoms with Gasteiger partial charge < -0.3 is 25.5 Å². The number of ketones is 1. The molecule has 0 radical (unpaired) electrons. The third-order valence-corrected chi connectivity index (χ3v) is 5.79. The van der Waals surface area contributed by atoms with Gasteiger partial charge in [-0.05, 0) is 36.6 Å². The lowest BCUT2D eigenvalue weighted by Crippen LogP contribution is -2.42. The summed E-state index contributed by atoms with van der Waals surface area (Å²) in [6.07, 6.45) is -0.286. The minimum absolute atomic E-state index is 0.0988. The Bertz CT molecular complexity index is 1620. The average molecular weight is 554 g/mol. The fraction of sp³-hybridized carbons (Fsp3) is 0.333. The molecule has 13 heteroatoms. The lowest BCUT2D eigenvalue weighted by molar-refractivity contribution is -0.144. The minimum Gasteiger partial charge on any atom is -0.469 e. The van der Waals surface area contributed by atoms with Gasteiger partial charge in [0.1, 0.15) is 17.5 Å². The molecule has 3 aromatic rings. The van der Waals surface area contributed by atoms with Crippen LogP contribution in [0.15, 0.2) is 29.1 Å². The summed E-state index contributed by atoms with van der Waals surface area (Å²) in [5.41, 5.74) is 4.63. The first-order valence-corrected chi connectivity index (χ1v) is 12.0. The molecule has 3 rings (SSSR count). The smallest absolute Gasteiger partial charge is 0.328 e. The number of rotatable bonds is 7. The van der Waals surface area contributed by atoms with Crippen molar-refractivity contribution in [3.63, 3.8) is 0 Å². The van der Waals surface area contributed by atoms with Gasteiger partial charge in [0.05, 0.1) is 30.9 Å². The Morgan fingerprint density at radius 3 is 2.48 bits per heavy atom. The lowest BCUT2D eigenvalue weighted by atomic mass is 9.89. The number of methoxy groups -OCH3 is 2. The number of carbonyl (C=O) groups excluding carboxylic acids is 4. The molecule has 0 bridgehead atoms. The zero-order chi connectivity index (χ0) is 29.8. The number of carbonyl (C=O) groups is 4. The monoisotopic (exact) mass is 553 g/mol. The molecule has 0 saturated carbocycles. The number of anilines is 1. The molecule has 2 heterocycles. The van der Waals surface area contributed by atoms with Gasteiger partial charge in [-0.25, -0.2) is 13.8 Å². The van der Waals surface area contributed by atoms with Crippen molar-refractivity contribution >= 4 is 40.6 Å². The predicted octanol–water partition coefficient (Wildman–Crippen LogP) is 1.76. The van der Waals surface area contributed by atoms with E-state index in [1.54, 1.807) is 20.8 Å². The third-order valence-electron chi connectivity index (χ3n) is 5.79. The molecule has 1 aromatic carbocycles. The predicted molar refractivity (Wildman–Crippen MR) is 142 cm³/mol. The van der Waals surface area contributed by atoms with Crippen LogP contribution in [0, 0.1) is 23.2 Å². The standard InChI is InChI=1S/C27H28FN5O7/c1-27(2,3)21(35)19-13-16-22(30-19)32-26(29)33(24(16)37)11-10-14-6-7-15(17(28)12-14)23(36)31-18(25(38)40-5)8-9-20(34)39-4/h6-7,12-13,18,30H,8-9H2,1-5H3,(H2,29,32)(H,31,36)/t18-/m0/s1. The van der Waals surface area contributed by atoms with Crippen molar-refractivity contribution in [3.8, 4) is 12.0 Å². The fourth-order valence-corrected chi connectivity index (χ4v) is 3.61. The van der Waals surface area contributed by atoms with E-state index < -0.39 is 40.7 Å². The number of halogens is 1. The van der Waals surface area contributed by atoms with Crippen molar-refractivity contribution in [2.45, 2.75) is 39.7 Å². The molecule has 0 aliphatic carbocycles. The van der Waals surface area contributed by atoms with Gasteiger partial charge >= 0.3 is 11.9 Å². The van der Waals surface area contributed by atoms with Crippen LogP contribution >= 0.6 is 0 Å². The lowest BCUT2D eigenvalue weighted by Gasteiger charge is -2.16. The van der Waals surface area contributed by atoms with Crippen LogP contribution in [0.3, 0.4) is 0 Å². The van der Waals surface area contributed by atoms with Crippen LogP contribution in [0.5, 0.6) is 0 Å². The Morgan fingerprint density at radius 1 is 1.18 bits per heavy atom. The number of amides is 1. The number of nitrogens with two attached hydrogens (primary N) is 1. The van der Waals surface area contributed by atoms with Gasteiger partial charge in [0.25, 0.3) is 11.5 Å². The van der Waals surface area contributed by atoms with E-state index in [-0.39, 0.29) is 52.4 Å². The maximum atomic E-state index is 14.8. The average Bonchev–Trinajstić information content (AvgIpc) is 3.33. The van der Waals surface area contributed by atoms with Crippen molar-refractivity contribution in [2.24, 2.45) is 5.41 Å². The van der Waals surface area contributed by atoms with Crippen LogP contribution in [-0.4, -0.2) is 58.4 Å². The molecule has 0 aliphatic rings. The number of nitrogens with zero attached hydrogens (tertiary/aromatic N) is 2. The Balaban J connectivity index is 1.86. The summed E-state index contributed by atoms with van der Waals surface area (Å²) in [6.45, 7) is 5.22. The Labute approximate surface area is 228 Å². The molecule has 1 amide bonds. The number of esters is 2. The summed E-state index contributed by atoms with van der Waals surface area (Å²) in [7, 11) is 2.29. The molecule has 40 heavy (non-hydrogen) atoms. The second-order valence-electron chi connectivity index (χ2n) is 9.73. The number of Topliss-reactive ketones (excluding diaryl/α,β-unsaturated/α-hetero) is 1. The second kappa shape index (κ2) is 11.8. The Kier molecular flexibility index (Phi) is 8.73. The molecule has 0 spiro atoms. The van der Waals surface area contributed by atoms with Gasteiger partial charge in [-0.3, -0.25) is 19.2 Å². The van der Waals surface area contributed by atoms with E-state index >= 15 is 0 Å². The molecule has 2 aromatic heterocycles. The summed E-state index contributed by atoms with van der Waals surface area (Å²) >= 11 is 0. The van der Waals surface area contributed by atoms with Crippen LogP contribution < -0.4 is 16.6 Å². The number of aromatic amines is 1. The van der Waals surface area contributed by atoms with E-state index in [0.717, 1.165) is 23.8 Å². The van der Waals surface area contributed by atoms with E-state index in [4.69, 9.17) is 5.73 Å². The quantitative estimate of drug-likeness (QED) is 0.224. The molecule has 4 N–H and O–H groups in total. The van der Waals surface area contributed by atoms with Crippen molar-refractivity contribution in [1.29, 1.82) is 0 Å². The zero-order valence-electron chi connectivity index (χ0n) is 22.5. The molecular formula is C27H28FN5O7. The second-order valence-corrected chi connectivity index (χ2v) is 9.73. The number of fused-ring (bicyclic) bond motifs is 1. The molecule has 210 valence electrons. The van der Waals surface area contributed by atoms with E-state index in [0.29, 0.717) is 0 Å². The molecule has 0 fully saturated rings. The maximum Gasteiger partial charge on any atom is 0.328 e. The van der Waals surface area contributed by atoms with E-state index in [1.807, 2.05) is 0 Å². The van der Waals surface area contributed by atoms with Crippen LogP contribution in [0.4, 0.5) is 10.3 Å². The largest absolute Gasteiger partial charge is 0.469 e. The van der Waals surface area contributed by atoms with Crippen molar-refractivity contribution in [2.75, 3.05) is 20.0 Å². The Morgan fingerprint density at radius 2 is 1.88 bits per heavy atom. The summed E-state index contributed by atoms with van der Waals surface area (Å²) in [4.78, 5) is 68.5. The molecular weight excluding hydrogens is 525 g/mol. The van der Waals surface area contributed by atoms with Crippen LogP contribution in [0.25, 0.3) is 11.0 Å². The van der Waals surface area contributed by atoms with E-state index in [2.05, 4.69) is 36.7 Å². The first-order valence-electron chi connectivity index (χ1n) is 12.0. The first-order chi connectivity index (χ1) is 18.8. The van der Waals surface area contributed by atoms with Gasteiger partial charge in [-0.15, -0.1) is 0 Å². The normalized spacial score (nSPS) is 11.8. The molecule has 0 aliphatic heterocycles. The number of nitrogen functional groups attached to an aromatic ring is 1. The molecule has 1 atom stereocenters.